The molecule has 7 aromatic carbocycles. The van der Waals surface area contributed by atoms with Crippen molar-refractivity contribution < 1.29 is 0 Å². The topological polar surface area (TPSA) is 64.7 Å². The first-order chi connectivity index (χ1) is 24.3. The number of fused-ring (bicyclic) bond motifs is 2. The maximum absolute atomic E-state index is 4.74. The van der Waals surface area contributed by atoms with Gasteiger partial charge in [-0.2, -0.15) is 9.59 Å². The van der Waals surface area contributed by atoms with E-state index >= 15 is 0 Å². The number of nitrogens with zero attached hydrogens (tertiary/aromatic N) is 7. The molecule has 0 bridgehead atoms. The number of hydrogen-bond acceptors (Lipinski definition) is 5. The van der Waals surface area contributed by atoms with Gasteiger partial charge in [-0.15, -0.1) is 20.4 Å². The van der Waals surface area contributed by atoms with Crippen LogP contribution in [0.3, 0.4) is 0 Å². The van der Waals surface area contributed by atoms with Crippen LogP contribution in [0.4, 0.5) is 17.1 Å². The molecule has 2 heterocycles. The van der Waals surface area contributed by atoms with Crippen molar-refractivity contribution in [1.82, 2.24) is 30.0 Å². The molecule has 0 radical (unpaired) electrons. The van der Waals surface area contributed by atoms with Crippen LogP contribution in [-0.2, 0) is 0 Å². The number of aromatic nitrogens is 6. The molecule has 2 aromatic heterocycles. The van der Waals surface area contributed by atoms with Crippen molar-refractivity contribution in [2.75, 3.05) is 4.90 Å². The predicted molar refractivity (Wildman–Crippen MR) is 197 cm³/mol. The van der Waals surface area contributed by atoms with Crippen molar-refractivity contribution in [2.24, 2.45) is 0 Å². The number of hydrogen-bond donors (Lipinski definition) is 0. The van der Waals surface area contributed by atoms with Crippen LogP contribution in [0.15, 0.2) is 176 Å². The Kier molecular flexibility index (Phi) is 6.98. The lowest BCUT2D eigenvalue weighted by molar-refractivity contribution is 0.765. The first kappa shape index (κ1) is 28.4. The van der Waals surface area contributed by atoms with Crippen LogP contribution in [0.5, 0.6) is 0 Å². The standard InChI is InChI=1S/C42H29N7/c1-3-12-30(13-4-1)38-29-35(26-27-37(38)31-22-24-33(25-23-31)48-43-39-18-7-8-19-40(39)44-48)47(32-14-5-2-6-15-32)34-16-11-17-36(28-34)49-45-41-20-9-10-21-42(41)46-49/h1-29H. The van der Waals surface area contributed by atoms with E-state index in [1.165, 1.54) is 0 Å². The van der Waals surface area contributed by atoms with Crippen molar-refractivity contribution in [3.05, 3.63) is 176 Å². The first-order valence-corrected chi connectivity index (χ1v) is 16.2. The Hall–Kier alpha value is -6.86. The lowest BCUT2D eigenvalue weighted by atomic mass is 9.93. The van der Waals surface area contributed by atoms with Crippen LogP contribution in [0, 0.1) is 0 Å². The second-order valence-electron chi connectivity index (χ2n) is 11.8. The highest BCUT2D eigenvalue weighted by atomic mass is 15.5. The van der Waals surface area contributed by atoms with Gasteiger partial charge < -0.3 is 4.90 Å². The van der Waals surface area contributed by atoms with E-state index in [0.29, 0.717) is 0 Å². The monoisotopic (exact) mass is 631 g/mol. The van der Waals surface area contributed by atoms with Gasteiger partial charge in [0.15, 0.2) is 0 Å². The third-order valence-corrected chi connectivity index (χ3v) is 8.66. The van der Waals surface area contributed by atoms with E-state index in [4.69, 9.17) is 10.2 Å². The van der Waals surface area contributed by atoms with Gasteiger partial charge in [-0.05, 0) is 101 Å². The Labute approximate surface area is 282 Å². The van der Waals surface area contributed by atoms with E-state index in [9.17, 15) is 0 Å². The molecule has 0 aliphatic rings. The van der Waals surface area contributed by atoms with E-state index in [1.54, 1.807) is 9.59 Å². The number of rotatable bonds is 7. The second-order valence-corrected chi connectivity index (χ2v) is 11.8. The van der Waals surface area contributed by atoms with Crippen LogP contribution in [0.2, 0.25) is 0 Å². The van der Waals surface area contributed by atoms with Crippen LogP contribution < -0.4 is 4.90 Å². The number of benzene rings is 7. The molecule has 0 atom stereocenters. The van der Waals surface area contributed by atoms with Crippen molar-refractivity contribution in [3.63, 3.8) is 0 Å². The van der Waals surface area contributed by atoms with Gasteiger partial charge in [0.1, 0.15) is 22.1 Å². The Balaban J connectivity index is 1.15. The lowest BCUT2D eigenvalue weighted by Crippen LogP contribution is -2.11. The molecule has 0 spiro atoms. The summed E-state index contributed by atoms with van der Waals surface area (Å²) < 4.78 is 0. The van der Waals surface area contributed by atoms with Crippen molar-refractivity contribution in [2.45, 2.75) is 0 Å². The Morgan fingerprint density at radius 3 is 1.43 bits per heavy atom. The van der Waals surface area contributed by atoms with Crippen LogP contribution in [0.1, 0.15) is 0 Å². The molecule has 49 heavy (non-hydrogen) atoms. The van der Waals surface area contributed by atoms with Gasteiger partial charge in [0, 0.05) is 17.1 Å². The number of anilines is 3. The molecule has 9 aromatic rings. The van der Waals surface area contributed by atoms with Crippen LogP contribution in [0.25, 0.3) is 55.7 Å². The average Bonchev–Trinajstić information content (AvgIpc) is 3.81. The van der Waals surface area contributed by atoms with Gasteiger partial charge >= 0.3 is 0 Å². The molecule has 0 unspecified atom stereocenters. The average molecular weight is 632 g/mol. The molecule has 0 aliphatic carbocycles. The fourth-order valence-corrected chi connectivity index (χ4v) is 6.29. The zero-order valence-corrected chi connectivity index (χ0v) is 26.4. The highest BCUT2D eigenvalue weighted by molar-refractivity contribution is 5.89. The minimum Gasteiger partial charge on any atom is -0.310 e. The van der Waals surface area contributed by atoms with E-state index in [0.717, 1.165) is 72.8 Å². The summed E-state index contributed by atoms with van der Waals surface area (Å²) in [7, 11) is 0. The van der Waals surface area contributed by atoms with Gasteiger partial charge in [0.2, 0.25) is 0 Å². The fraction of sp³-hybridized carbons (Fsp3) is 0. The molecule has 0 saturated carbocycles. The molecule has 0 N–H and O–H groups in total. The highest BCUT2D eigenvalue weighted by Crippen LogP contribution is 2.41. The molecular weight excluding hydrogens is 603 g/mol. The maximum atomic E-state index is 4.74. The van der Waals surface area contributed by atoms with Crippen LogP contribution >= 0.6 is 0 Å². The summed E-state index contributed by atoms with van der Waals surface area (Å²) in [5.41, 5.74) is 12.8. The predicted octanol–water partition coefficient (Wildman–Crippen LogP) is 9.96. The first-order valence-electron chi connectivity index (χ1n) is 16.2. The zero-order chi connectivity index (χ0) is 32.6. The third kappa shape index (κ3) is 5.39. The van der Waals surface area contributed by atoms with Crippen molar-refractivity contribution in [3.8, 4) is 33.6 Å². The lowest BCUT2D eigenvalue weighted by Gasteiger charge is -2.27. The minimum atomic E-state index is 0.859. The number of para-hydroxylation sites is 1. The molecule has 0 fully saturated rings. The van der Waals surface area contributed by atoms with Gasteiger partial charge in [-0.1, -0.05) is 97.1 Å². The normalized spacial score (nSPS) is 11.3. The summed E-state index contributed by atoms with van der Waals surface area (Å²) in [4.78, 5) is 5.68. The van der Waals surface area contributed by atoms with Crippen LogP contribution in [-0.4, -0.2) is 30.0 Å². The molecule has 0 saturated heterocycles. The zero-order valence-electron chi connectivity index (χ0n) is 26.4. The minimum absolute atomic E-state index is 0.859. The molecule has 0 aliphatic heterocycles. The summed E-state index contributed by atoms with van der Waals surface area (Å²) in [5, 5.41) is 18.8. The van der Waals surface area contributed by atoms with E-state index in [-0.39, 0.29) is 0 Å². The molecule has 232 valence electrons. The maximum Gasteiger partial charge on any atom is 0.113 e. The van der Waals surface area contributed by atoms with E-state index in [1.807, 2.05) is 60.7 Å². The van der Waals surface area contributed by atoms with E-state index in [2.05, 4.69) is 130 Å². The molecular formula is C42H29N7. The van der Waals surface area contributed by atoms with E-state index < -0.39 is 0 Å². The smallest absolute Gasteiger partial charge is 0.113 e. The fourth-order valence-electron chi connectivity index (χ4n) is 6.29. The summed E-state index contributed by atoms with van der Waals surface area (Å²) in [6, 6.07) is 60.3. The van der Waals surface area contributed by atoms with Gasteiger partial charge in [-0.25, -0.2) is 0 Å². The molecule has 7 heteroatoms. The van der Waals surface area contributed by atoms with Gasteiger partial charge in [0.05, 0.1) is 11.4 Å². The molecule has 0 amide bonds. The van der Waals surface area contributed by atoms with Crippen molar-refractivity contribution in [1.29, 1.82) is 0 Å². The summed E-state index contributed by atoms with van der Waals surface area (Å²) >= 11 is 0. The molecule has 7 nitrogen and oxygen atoms in total. The quantitative estimate of drug-likeness (QED) is 0.175. The van der Waals surface area contributed by atoms with Gasteiger partial charge in [-0.3, -0.25) is 0 Å². The Bertz CT molecular complexity index is 2490. The van der Waals surface area contributed by atoms with Crippen molar-refractivity contribution >= 4 is 39.1 Å². The summed E-state index contributed by atoms with van der Waals surface area (Å²) in [6.07, 6.45) is 0. The Morgan fingerprint density at radius 1 is 0.327 bits per heavy atom. The SMILES string of the molecule is c1ccc(-c2cc(N(c3ccccc3)c3cccc(-n4nc5ccccc5n4)c3)ccc2-c2ccc(-n3nc4ccccc4n3)cc2)cc1. The molecule has 9 rings (SSSR count). The third-order valence-electron chi connectivity index (χ3n) is 8.66. The largest absolute Gasteiger partial charge is 0.310 e. The highest BCUT2D eigenvalue weighted by Gasteiger charge is 2.17. The summed E-state index contributed by atoms with van der Waals surface area (Å²) in [6.45, 7) is 0. The summed E-state index contributed by atoms with van der Waals surface area (Å²) in [5.74, 6) is 0. The van der Waals surface area contributed by atoms with Gasteiger partial charge in [0.25, 0.3) is 0 Å². The Morgan fingerprint density at radius 2 is 0.816 bits per heavy atom. The second kappa shape index (κ2) is 12.1.